The molecule has 9 heteroatoms. The van der Waals surface area contributed by atoms with Gasteiger partial charge in [0.2, 0.25) is 0 Å². The van der Waals surface area contributed by atoms with E-state index in [0.29, 0.717) is 25.7 Å². The summed E-state index contributed by atoms with van der Waals surface area (Å²) in [7, 11) is 0. The van der Waals surface area contributed by atoms with Crippen molar-refractivity contribution < 1.29 is 18.7 Å². The molecule has 1 aliphatic rings. The van der Waals surface area contributed by atoms with Crippen LogP contribution in [0.2, 0.25) is 0 Å². The molecular weight excluding hydrogens is 491 g/mol. The molecule has 1 saturated carbocycles. The van der Waals surface area contributed by atoms with E-state index in [9.17, 15) is 14.0 Å². The number of pyridine rings is 1. The molecule has 0 spiro atoms. The SMILES string of the molecule is Cc1cc(Br)cc(Nc2ncc(F)cc2C(=O)N[C@H]2CC[C@@H](NC(=O)OC(C)(C)C)CC2)c1. The summed E-state index contributed by atoms with van der Waals surface area (Å²) >= 11 is 3.45. The number of hydrogen-bond donors (Lipinski definition) is 3. The summed E-state index contributed by atoms with van der Waals surface area (Å²) in [6, 6.07) is 6.85. The molecule has 2 amide bonds. The number of benzene rings is 1. The van der Waals surface area contributed by atoms with Crippen LogP contribution in [0, 0.1) is 12.7 Å². The van der Waals surface area contributed by atoms with Gasteiger partial charge in [-0.3, -0.25) is 4.79 Å². The highest BCUT2D eigenvalue weighted by atomic mass is 79.9. The molecule has 0 saturated heterocycles. The molecule has 0 aliphatic heterocycles. The van der Waals surface area contributed by atoms with Crippen molar-refractivity contribution in [1.82, 2.24) is 15.6 Å². The Hall–Kier alpha value is -2.68. The molecule has 3 rings (SSSR count). The van der Waals surface area contributed by atoms with Crippen molar-refractivity contribution in [3.63, 3.8) is 0 Å². The lowest BCUT2D eigenvalue weighted by atomic mass is 9.91. The molecule has 1 aromatic heterocycles. The van der Waals surface area contributed by atoms with Gasteiger partial charge in [-0.25, -0.2) is 14.2 Å². The van der Waals surface area contributed by atoms with Gasteiger partial charge in [-0.05, 0) is 83.2 Å². The first-order valence-electron chi connectivity index (χ1n) is 11.0. The first kappa shape index (κ1) is 25.0. The summed E-state index contributed by atoms with van der Waals surface area (Å²) in [4.78, 5) is 29.0. The number of amides is 2. The number of hydrogen-bond acceptors (Lipinski definition) is 5. The van der Waals surface area contributed by atoms with Gasteiger partial charge in [0.15, 0.2) is 0 Å². The fourth-order valence-corrected chi connectivity index (χ4v) is 4.38. The normalized spacial score (nSPS) is 18.4. The van der Waals surface area contributed by atoms with Crippen LogP contribution in [0.15, 0.2) is 34.9 Å². The summed E-state index contributed by atoms with van der Waals surface area (Å²) in [5.41, 5.74) is 1.36. The predicted molar refractivity (Wildman–Crippen MR) is 129 cm³/mol. The summed E-state index contributed by atoms with van der Waals surface area (Å²) in [5, 5.41) is 8.99. The van der Waals surface area contributed by atoms with Crippen molar-refractivity contribution in [3.05, 3.63) is 51.9 Å². The second kappa shape index (κ2) is 10.5. The van der Waals surface area contributed by atoms with E-state index >= 15 is 0 Å². The average Bonchev–Trinajstić information content (AvgIpc) is 2.68. The first-order valence-corrected chi connectivity index (χ1v) is 11.8. The van der Waals surface area contributed by atoms with E-state index in [1.165, 1.54) is 6.07 Å². The van der Waals surface area contributed by atoms with Gasteiger partial charge >= 0.3 is 6.09 Å². The maximum absolute atomic E-state index is 13.9. The molecule has 1 heterocycles. The second-order valence-corrected chi connectivity index (χ2v) is 10.3. The fourth-order valence-electron chi connectivity index (χ4n) is 3.78. The van der Waals surface area contributed by atoms with Crippen molar-refractivity contribution in [2.45, 2.75) is 71.1 Å². The lowest BCUT2D eigenvalue weighted by Crippen LogP contribution is -2.45. The second-order valence-electron chi connectivity index (χ2n) is 9.36. The van der Waals surface area contributed by atoms with Crippen LogP contribution in [0.5, 0.6) is 0 Å². The van der Waals surface area contributed by atoms with Crippen LogP contribution in [-0.2, 0) is 4.74 Å². The van der Waals surface area contributed by atoms with E-state index in [2.05, 4.69) is 36.9 Å². The Labute approximate surface area is 202 Å². The molecule has 0 unspecified atom stereocenters. The Balaban J connectivity index is 1.61. The number of aryl methyl sites for hydroxylation is 1. The number of nitrogens with zero attached hydrogens (tertiary/aromatic N) is 1. The van der Waals surface area contributed by atoms with Crippen molar-refractivity contribution in [2.24, 2.45) is 0 Å². The lowest BCUT2D eigenvalue weighted by molar-refractivity contribution is 0.0488. The molecule has 1 aromatic carbocycles. The highest BCUT2D eigenvalue weighted by Gasteiger charge is 2.26. The summed E-state index contributed by atoms with van der Waals surface area (Å²) in [6.45, 7) is 7.42. The number of ether oxygens (including phenoxy) is 1. The average molecular weight is 521 g/mol. The fraction of sp³-hybridized carbons (Fsp3) is 0.458. The van der Waals surface area contributed by atoms with E-state index in [4.69, 9.17) is 4.74 Å². The Bertz CT molecular complexity index is 997. The summed E-state index contributed by atoms with van der Waals surface area (Å²) in [5.74, 6) is -0.687. The highest BCUT2D eigenvalue weighted by Crippen LogP contribution is 2.25. The number of alkyl carbamates (subject to hydrolysis) is 1. The van der Waals surface area contributed by atoms with Gasteiger partial charge in [0.25, 0.3) is 5.91 Å². The predicted octanol–water partition coefficient (Wildman–Crippen LogP) is 5.60. The highest BCUT2D eigenvalue weighted by molar-refractivity contribution is 9.10. The Morgan fingerprint density at radius 2 is 1.70 bits per heavy atom. The van der Waals surface area contributed by atoms with Gasteiger partial charge < -0.3 is 20.7 Å². The molecule has 33 heavy (non-hydrogen) atoms. The number of rotatable bonds is 5. The van der Waals surface area contributed by atoms with Gasteiger partial charge in [-0.15, -0.1) is 0 Å². The number of carbonyl (C=O) groups excluding carboxylic acids is 2. The minimum atomic E-state index is -0.582. The Kier molecular flexibility index (Phi) is 7.94. The molecule has 2 aromatic rings. The van der Waals surface area contributed by atoms with Crippen molar-refractivity contribution in [1.29, 1.82) is 0 Å². The maximum atomic E-state index is 13.9. The van der Waals surface area contributed by atoms with Crippen molar-refractivity contribution in [2.75, 3.05) is 5.32 Å². The van der Waals surface area contributed by atoms with E-state index < -0.39 is 17.5 Å². The third kappa shape index (κ3) is 7.70. The van der Waals surface area contributed by atoms with Gasteiger partial charge in [-0.2, -0.15) is 0 Å². The van der Waals surface area contributed by atoms with Crippen molar-refractivity contribution >= 4 is 39.4 Å². The number of halogens is 2. The van der Waals surface area contributed by atoms with Gasteiger partial charge in [0.1, 0.15) is 17.2 Å². The number of carbonyl (C=O) groups is 2. The molecule has 1 fully saturated rings. The third-order valence-electron chi connectivity index (χ3n) is 5.19. The van der Waals surface area contributed by atoms with E-state index in [-0.39, 0.29) is 29.4 Å². The number of nitrogens with one attached hydrogen (secondary N) is 3. The summed E-state index contributed by atoms with van der Waals surface area (Å²) in [6.07, 6.45) is 3.48. The zero-order valence-corrected chi connectivity index (χ0v) is 20.9. The quantitative estimate of drug-likeness (QED) is 0.477. The molecule has 0 atom stereocenters. The standard InChI is InChI=1S/C24H30BrFN4O3/c1-14-9-15(25)11-19(10-14)28-21-20(12-16(26)13-27-21)22(31)29-17-5-7-18(8-6-17)30-23(32)33-24(2,3)4/h9-13,17-18H,5-8H2,1-4H3,(H,27,28)(H,29,31)(H,30,32)/t17-,18+. The largest absolute Gasteiger partial charge is 0.444 e. The van der Waals surface area contributed by atoms with Crippen LogP contribution in [0.1, 0.15) is 62.4 Å². The minimum absolute atomic E-state index is 0.000771. The summed E-state index contributed by atoms with van der Waals surface area (Å²) < 4.78 is 20.1. The zero-order valence-electron chi connectivity index (χ0n) is 19.3. The Morgan fingerprint density at radius 3 is 2.30 bits per heavy atom. The van der Waals surface area contributed by atoms with Crippen LogP contribution in [0.3, 0.4) is 0 Å². The van der Waals surface area contributed by atoms with Gasteiger partial charge in [0.05, 0.1) is 11.8 Å². The van der Waals surface area contributed by atoms with Gasteiger partial charge in [0, 0.05) is 22.2 Å². The zero-order chi connectivity index (χ0) is 24.2. The van der Waals surface area contributed by atoms with Crippen LogP contribution < -0.4 is 16.0 Å². The third-order valence-corrected chi connectivity index (χ3v) is 5.64. The molecule has 0 bridgehead atoms. The molecule has 1 aliphatic carbocycles. The molecule has 7 nitrogen and oxygen atoms in total. The van der Waals surface area contributed by atoms with Gasteiger partial charge in [-0.1, -0.05) is 15.9 Å². The van der Waals surface area contributed by atoms with E-state index in [1.807, 2.05) is 45.9 Å². The first-order chi connectivity index (χ1) is 15.5. The Morgan fingerprint density at radius 1 is 1.06 bits per heavy atom. The van der Waals surface area contributed by atoms with Crippen LogP contribution >= 0.6 is 15.9 Å². The van der Waals surface area contributed by atoms with Crippen molar-refractivity contribution in [3.8, 4) is 0 Å². The smallest absolute Gasteiger partial charge is 0.407 e. The van der Waals surface area contributed by atoms with E-state index in [1.54, 1.807) is 0 Å². The lowest BCUT2D eigenvalue weighted by Gasteiger charge is -2.30. The number of anilines is 2. The van der Waals surface area contributed by atoms with E-state index in [0.717, 1.165) is 21.9 Å². The van der Waals surface area contributed by atoms with Crippen LogP contribution in [0.25, 0.3) is 0 Å². The van der Waals surface area contributed by atoms with Crippen LogP contribution in [-0.4, -0.2) is 34.7 Å². The monoisotopic (exact) mass is 520 g/mol. The minimum Gasteiger partial charge on any atom is -0.444 e. The van der Waals surface area contributed by atoms with Crippen LogP contribution in [0.4, 0.5) is 20.7 Å². The maximum Gasteiger partial charge on any atom is 0.407 e. The topological polar surface area (TPSA) is 92.4 Å². The molecule has 178 valence electrons. The molecule has 0 radical (unpaired) electrons. The number of aromatic nitrogens is 1. The molecule has 3 N–H and O–H groups in total. The molecular formula is C24H30BrFN4O3.